The van der Waals surface area contributed by atoms with E-state index in [9.17, 15) is 4.39 Å². The van der Waals surface area contributed by atoms with Crippen LogP contribution in [0.4, 0.5) is 4.39 Å². The summed E-state index contributed by atoms with van der Waals surface area (Å²) in [4.78, 5) is 43.1. The molecular weight excluding hydrogens is 221 g/mol. The quantitative estimate of drug-likeness (QED) is 0.281. The van der Waals surface area contributed by atoms with E-state index in [1.165, 1.54) is 0 Å². The molecule has 78 valence electrons. The maximum Gasteiger partial charge on any atom is 0.466 e. The van der Waals surface area contributed by atoms with Gasteiger partial charge < -0.3 is 29.4 Å². The molecule has 0 radical (unpaired) electrons. The van der Waals surface area contributed by atoms with Crippen LogP contribution in [-0.2, 0) is 9.13 Å². The van der Waals surface area contributed by atoms with Crippen LogP contribution in [0.3, 0.4) is 0 Å². The summed E-state index contributed by atoms with van der Waals surface area (Å²) in [5.74, 6) is 0. The van der Waals surface area contributed by atoms with Crippen molar-refractivity contribution in [2.45, 2.75) is 0 Å². The second-order valence-corrected chi connectivity index (χ2v) is 3.08. The molecule has 0 amide bonds. The summed E-state index contributed by atoms with van der Waals surface area (Å²) in [6.07, 6.45) is 0. The van der Waals surface area contributed by atoms with Gasteiger partial charge in [-0.3, -0.25) is 4.39 Å². The van der Waals surface area contributed by atoms with Gasteiger partial charge in [-0.15, -0.1) is 0 Å². The lowest BCUT2D eigenvalue weighted by Gasteiger charge is -1.82. The van der Waals surface area contributed by atoms with E-state index in [2.05, 4.69) is 0 Å². The van der Waals surface area contributed by atoms with Crippen LogP contribution < -0.4 is 0 Å². The van der Waals surface area contributed by atoms with Crippen LogP contribution in [0.15, 0.2) is 0 Å². The topological polar surface area (TPSA) is 156 Å². The molecule has 0 aromatic rings. The molecular formula is CH9FO8P2. The van der Waals surface area contributed by atoms with Crippen LogP contribution in [-0.4, -0.2) is 36.5 Å². The Morgan fingerprint density at radius 2 is 0.750 bits per heavy atom. The van der Waals surface area contributed by atoms with Gasteiger partial charge in [0.25, 0.3) is 0 Å². The first-order chi connectivity index (χ1) is 5.00. The number of alkyl halides is 1. The van der Waals surface area contributed by atoms with Crippen molar-refractivity contribution in [2.24, 2.45) is 0 Å². The van der Waals surface area contributed by atoms with E-state index in [0.717, 1.165) is 0 Å². The van der Waals surface area contributed by atoms with Crippen LogP contribution in [0, 0.1) is 0 Å². The molecule has 0 bridgehead atoms. The van der Waals surface area contributed by atoms with E-state index in [1.54, 1.807) is 0 Å². The fourth-order valence-corrected chi connectivity index (χ4v) is 0. The summed E-state index contributed by atoms with van der Waals surface area (Å²) in [6.45, 7) is 0. The molecule has 0 aromatic carbocycles. The summed E-state index contributed by atoms with van der Waals surface area (Å²) in [6, 6.07) is 0. The largest absolute Gasteiger partial charge is 0.466 e. The smallest absolute Gasteiger partial charge is 0.303 e. The number of hydrogen-bond donors (Lipinski definition) is 6. The molecule has 6 N–H and O–H groups in total. The summed E-state index contributed by atoms with van der Waals surface area (Å²) in [5.41, 5.74) is 0. The fourth-order valence-electron chi connectivity index (χ4n) is 0. The molecule has 0 aliphatic heterocycles. The molecule has 12 heavy (non-hydrogen) atoms. The monoisotopic (exact) mass is 230 g/mol. The predicted octanol–water partition coefficient (Wildman–Crippen LogP) is -1.27. The highest BCUT2D eigenvalue weighted by Gasteiger charge is 2.00. The molecule has 8 nitrogen and oxygen atoms in total. The summed E-state index contributed by atoms with van der Waals surface area (Å²) in [7, 11) is -8.78. The van der Waals surface area contributed by atoms with Gasteiger partial charge in [0.1, 0.15) is 0 Å². The molecule has 11 heteroatoms. The van der Waals surface area contributed by atoms with Crippen LogP contribution in [0.1, 0.15) is 0 Å². The second-order valence-electron chi connectivity index (χ2n) is 1.03. The Morgan fingerprint density at radius 3 is 0.750 bits per heavy atom. The molecule has 0 heterocycles. The van der Waals surface area contributed by atoms with Gasteiger partial charge >= 0.3 is 15.6 Å². The molecule has 0 fully saturated rings. The standard InChI is InChI=1S/CH3F.2H3O4P/c1-2;2*1-5(2,3)4/h1H3;2*(H3,1,2,3,4). The highest BCUT2D eigenvalue weighted by atomic mass is 31.2. The predicted molar refractivity (Wildman–Crippen MR) is 35.6 cm³/mol. The van der Waals surface area contributed by atoms with E-state index >= 15 is 0 Å². The van der Waals surface area contributed by atoms with Crippen molar-refractivity contribution in [1.29, 1.82) is 0 Å². The van der Waals surface area contributed by atoms with Crippen molar-refractivity contribution in [3.8, 4) is 0 Å². The highest BCUT2D eigenvalue weighted by molar-refractivity contribution is 7.45. The lowest BCUT2D eigenvalue weighted by atomic mass is 11.9. The molecule has 0 saturated heterocycles. The van der Waals surface area contributed by atoms with Gasteiger partial charge in [0.05, 0.1) is 7.18 Å². The van der Waals surface area contributed by atoms with Crippen molar-refractivity contribution >= 4 is 15.6 Å². The van der Waals surface area contributed by atoms with E-state index < -0.39 is 15.6 Å². The average Bonchev–Trinajstić information content (AvgIpc) is 1.59. The highest BCUT2D eigenvalue weighted by Crippen LogP contribution is 2.26. The van der Waals surface area contributed by atoms with Gasteiger partial charge in [0.15, 0.2) is 0 Å². The minimum atomic E-state index is -4.64. The second kappa shape index (κ2) is 7.78. The van der Waals surface area contributed by atoms with Crippen molar-refractivity contribution in [1.82, 2.24) is 0 Å². The third-order valence-electron chi connectivity index (χ3n) is 0. The van der Waals surface area contributed by atoms with Gasteiger partial charge in [0, 0.05) is 0 Å². The normalized spacial score (nSPS) is 10.3. The van der Waals surface area contributed by atoms with Crippen LogP contribution in [0.2, 0.25) is 0 Å². The minimum Gasteiger partial charge on any atom is -0.303 e. The molecule has 0 aliphatic carbocycles. The van der Waals surface area contributed by atoms with E-state index in [-0.39, 0.29) is 0 Å². The van der Waals surface area contributed by atoms with Gasteiger partial charge in [-0.25, -0.2) is 9.13 Å². The maximum absolute atomic E-state index is 9.50. The summed E-state index contributed by atoms with van der Waals surface area (Å²) >= 11 is 0. The Bertz CT molecular complexity index is 129. The number of hydrogen-bond acceptors (Lipinski definition) is 2. The SMILES string of the molecule is CF.O=P(O)(O)O.O=P(O)(O)O. The summed E-state index contributed by atoms with van der Waals surface area (Å²) in [5, 5.41) is 0. The first-order valence-electron chi connectivity index (χ1n) is 1.94. The molecule has 0 aromatic heterocycles. The number of halogens is 1. The molecule has 0 unspecified atom stereocenters. The third kappa shape index (κ3) is 37800. The summed E-state index contributed by atoms with van der Waals surface area (Å²) < 4.78 is 27.3. The molecule has 0 atom stereocenters. The van der Waals surface area contributed by atoms with Gasteiger partial charge in [-0.2, -0.15) is 0 Å². The zero-order valence-electron chi connectivity index (χ0n) is 5.77. The lowest BCUT2D eigenvalue weighted by Crippen LogP contribution is -1.66. The first kappa shape index (κ1) is 18.0. The van der Waals surface area contributed by atoms with E-state index in [0.29, 0.717) is 7.18 Å². The van der Waals surface area contributed by atoms with Crippen molar-refractivity contribution in [3.63, 3.8) is 0 Å². The van der Waals surface area contributed by atoms with Crippen LogP contribution >= 0.6 is 15.6 Å². The molecule has 0 rings (SSSR count). The molecule has 0 aliphatic rings. The van der Waals surface area contributed by atoms with Gasteiger partial charge in [-0.05, 0) is 0 Å². The first-order valence-corrected chi connectivity index (χ1v) is 5.07. The minimum absolute atomic E-state index is 0.500. The maximum atomic E-state index is 9.50. The molecule has 0 spiro atoms. The Balaban J connectivity index is -0.000000112. The van der Waals surface area contributed by atoms with Crippen molar-refractivity contribution < 1.29 is 42.9 Å². The lowest BCUT2D eigenvalue weighted by molar-refractivity contribution is 0.272. The zero-order valence-corrected chi connectivity index (χ0v) is 7.56. The fraction of sp³-hybridized carbons (Fsp3) is 1.00. The van der Waals surface area contributed by atoms with Crippen LogP contribution in [0.25, 0.3) is 0 Å². The Hall–Kier alpha value is 0.150. The van der Waals surface area contributed by atoms with Gasteiger partial charge in [0.2, 0.25) is 0 Å². The molecule has 0 saturated carbocycles. The van der Waals surface area contributed by atoms with E-state index in [4.69, 9.17) is 38.5 Å². The number of rotatable bonds is 0. The Kier molecular flexibility index (Phi) is 11.7. The van der Waals surface area contributed by atoms with E-state index in [1.807, 2.05) is 0 Å². The van der Waals surface area contributed by atoms with Crippen molar-refractivity contribution in [2.75, 3.05) is 7.18 Å². The van der Waals surface area contributed by atoms with Crippen molar-refractivity contribution in [3.05, 3.63) is 0 Å². The zero-order chi connectivity index (χ0) is 11.0. The average molecular weight is 230 g/mol. The Morgan fingerprint density at radius 1 is 0.750 bits per heavy atom. The number of phosphoric acid groups is 2. The van der Waals surface area contributed by atoms with Crippen LogP contribution in [0.5, 0.6) is 0 Å². The third-order valence-corrected chi connectivity index (χ3v) is 0. The Labute approximate surface area is 66.8 Å². The van der Waals surface area contributed by atoms with Gasteiger partial charge in [-0.1, -0.05) is 0 Å².